The molecule has 196 valence electrons. The molecule has 0 saturated carbocycles. The molecule has 34 heavy (non-hydrogen) atoms. The van der Waals surface area contributed by atoms with Gasteiger partial charge in [0.25, 0.3) is 0 Å². The van der Waals surface area contributed by atoms with Crippen molar-refractivity contribution in [2.45, 2.75) is 116 Å². The van der Waals surface area contributed by atoms with E-state index in [9.17, 15) is 24.0 Å². The average molecular weight is 485 g/mol. The van der Waals surface area contributed by atoms with Gasteiger partial charge in [0.2, 0.25) is 23.6 Å². The minimum absolute atomic E-state index is 0.147. The number of nitrogens with two attached hydrogens (primary N) is 1. The van der Waals surface area contributed by atoms with Gasteiger partial charge in [-0.3, -0.25) is 19.2 Å². The van der Waals surface area contributed by atoms with E-state index < -0.39 is 35.8 Å². The van der Waals surface area contributed by atoms with Crippen LogP contribution in [-0.2, 0) is 24.0 Å². The van der Waals surface area contributed by atoms with Crippen molar-refractivity contribution in [3.63, 3.8) is 0 Å². The number of carboxylic acid groups (broad SMARTS) is 1. The number of carbonyl (C=O) groups excluding carboxylic acids is 4. The van der Waals surface area contributed by atoms with Gasteiger partial charge in [0.05, 0.1) is 6.54 Å². The molecule has 0 radical (unpaired) electrons. The Morgan fingerprint density at radius 2 is 1.29 bits per heavy atom. The molecule has 0 saturated heterocycles. The van der Waals surface area contributed by atoms with Crippen LogP contribution in [0.5, 0.6) is 0 Å². The molecule has 0 aliphatic carbocycles. The summed E-state index contributed by atoms with van der Waals surface area (Å²) in [7, 11) is 0. The molecule has 0 bridgehead atoms. The number of nitrogens with one attached hydrogen (secondary N) is 3. The zero-order chi connectivity index (χ0) is 25.8. The Hall–Kier alpha value is -2.65. The van der Waals surface area contributed by atoms with Crippen molar-refractivity contribution < 1.29 is 29.1 Å². The molecule has 0 rings (SSSR count). The molecule has 0 aliphatic rings. The highest BCUT2D eigenvalue weighted by atomic mass is 16.4. The molecule has 0 aromatic carbocycles. The molecule has 4 amide bonds. The van der Waals surface area contributed by atoms with Gasteiger partial charge < -0.3 is 26.8 Å². The number of hydrogen-bond acceptors (Lipinski definition) is 5. The van der Waals surface area contributed by atoms with E-state index in [0.717, 1.165) is 19.3 Å². The third-order valence-electron chi connectivity index (χ3n) is 5.52. The lowest BCUT2D eigenvalue weighted by Crippen LogP contribution is -2.52. The van der Waals surface area contributed by atoms with Crippen LogP contribution in [0.15, 0.2) is 0 Å². The van der Waals surface area contributed by atoms with Gasteiger partial charge in [-0.05, 0) is 19.8 Å². The zero-order valence-corrected chi connectivity index (χ0v) is 20.8. The number of rotatable bonds is 21. The highest BCUT2D eigenvalue weighted by Crippen LogP contribution is 2.11. The second-order valence-corrected chi connectivity index (χ2v) is 8.76. The second-order valence-electron chi connectivity index (χ2n) is 8.76. The zero-order valence-electron chi connectivity index (χ0n) is 20.8. The third-order valence-corrected chi connectivity index (χ3v) is 5.52. The van der Waals surface area contributed by atoms with Gasteiger partial charge >= 0.3 is 5.97 Å². The summed E-state index contributed by atoms with van der Waals surface area (Å²) < 4.78 is 0. The summed E-state index contributed by atoms with van der Waals surface area (Å²) in [6.07, 6.45) is 13.1. The molecule has 0 spiro atoms. The monoisotopic (exact) mass is 484 g/mol. The van der Waals surface area contributed by atoms with E-state index in [0.29, 0.717) is 6.42 Å². The quantitative estimate of drug-likeness (QED) is 0.156. The maximum absolute atomic E-state index is 12.1. The van der Waals surface area contributed by atoms with Gasteiger partial charge in [-0.25, -0.2) is 4.79 Å². The van der Waals surface area contributed by atoms with Crippen LogP contribution in [0, 0.1) is 0 Å². The Morgan fingerprint density at radius 3 is 1.79 bits per heavy atom. The smallest absolute Gasteiger partial charge is 0.326 e. The number of unbranched alkanes of at least 4 members (excludes halogenated alkanes) is 10. The lowest BCUT2D eigenvalue weighted by atomic mass is 10.1. The van der Waals surface area contributed by atoms with Crippen LogP contribution in [-0.4, -0.2) is 53.3 Å². The lowest BCUT2D eigenvalue weighted by molar-refractivity contribution is -0.142. The normalized spacial score (nSPS) is 12.4. The Bertz CT molecular complexity index is 641. The van der Waals surface area contributed by atoms with Crippen LogP contribution in [0.4, 0.5) is 0 Å². The first-order valence-electron chi connectivity index (χ1n) is 12.5. The predicted octanol–water partition coefficient (Wildman–Crippen LogP) is 2.14. The van der Waals surface area contributed by atoms with Crippen molar-refractivity contribution in [2.24, 2.45) is 5.73 Å². The first-order chi connectivity index (χ1) is 16.2. The summed E-state index contributed by atoms with van der Waals surface area (Å²) >= 11 is 0. The van der Waals surface area contributed by atoms with Gasteiger partial charge in [0.15, 0.2) is 0 Å². The molecule has 10 nitrogen and oxygen atoms in total. The highest BCUT2D eigenvalue weighted by molar-refractivity contribution is 5.91. The third kappa shape index (κ3) is 17.9. The van der Waals surface area contributed by atoms with E-state index in [-0.39, 0.29) is 25.3 Å². The summed E-state index contributed by atoms with van der Waals surface area (Å²) in [4.78, 5) is 58.0. The van der Waals surface area contributed by atoms with E-state index in [1.165, 1.54) is 58.3 Å². The summed E-state index contributed by atoms with van der Waals surface area (Å²) in [6.45, 7) is 3.35. The number of amides is 4. The minimum Gasteiger partial charge on any atom is -0.480 e. The SMILES string of the molecule is CCCCCCCCCCCCCC(=O)NCC(=O)N[C@@H](C)C(=O)N[C@@H](CCC(N)=O)C(=O)O. The summed E-state index contributed by atoms with van der Waals surface area (Å²) in [5.41, 5.74) is 5.00. The fourth-order valence-electron chi connectivity index (χ4n) is 3.42. The summed E-state index contributed by atoms with van der Waals surface area (Å²) in [5, 5.41) is 16.3. The van der Waals surface area contributed by atoms with E-state index in [2.05, 4.69) is 22.9 Å². The van der Waals surface area contributed by atoms with Crippen molar-refractivity contribution in [3.05, 3.63) is 0 Å². The number of carbonyl (C=O) groups is 5. The van der Waals surface area contributed by atoms with Crippen molar-refractivity contribution in [1.82, 2.24) is 16.0 Å². The van der Waals surface area contributed by atoms with E-state index >= 15 is 0 Å². The van der Waals surface area contributed by atoms with Crippen molar-refractivity contribution in [1.29, 1.82) is 0 Å². The predicted molar refractivity (Wildman–Crippen MR) is 130 cm³/mol. The highest BCUT2D eigenvalue weighted by Gasteiger charge is 2.24. The van der Waals surface area contributed by atoms with Gasteiger partial charge in [0.1, 0.15) is 12.1 Å². The first kappa shape index (κ1) is 31.4. The molecule has 0 aromatic rings. The lowest BCUT2D eigenvalue weighted by Gasteiger charge is -2.18. The largest absolute Gasteiger partial charge is 0.480 e. The molecule has 10 heteroatoms. The van der Waals surface area contributed by atoms with Crippen LogP contribution in [0.3, 0.4) is 0 Å². The summed E-state index contributed by atoms with van der Waals surface area (Å²) in [5.74, 6) is -3.47. The molecular weight excluding hydrogens is 440 g/mol. The number of carboxylic acids is 1. The van der Waals surface area contributed by atoms with Crippen molar-refractivity contribution in [2.75, 3.05) is 6.54 Å². The molecule has 2 atom stereocenters. The van der Waals surface area contributed by atoms with E-state index in [1.54, 1.807) is 0 Å². The van der Waals surface area contributed by atoms with Crippen LogP contribution < -0.4 is 21.7 Å². The maximum atomic E-state index is 12.1. The topological polar surface area (TPSA) is 168 Å². The number of aliphatic carboxylic acids is 1. The number of hydrogen-bond donors (Lipinski definition) is 5. The van der Waals surface area contributed by atoms with Gasteiger partial charge in [-0.1, -0.05) is 71.1 Å². The molecule has 0 fully saturated rings. The van der Waals surface area contributed by atoms with Crippen molar-refractivity contribution in [3.8, 4) is 0 Å². The first-order valence-corrected chi connectivity index (χ1v) is 12.5. The standard InChI is InChI=1S/C24H44N4O6/c1-3-4-5-6-7-8-9-10-11-12-13-14-21(30)26-17-22(31)27-18(2)23(32)28-19(24(33)34)15-16-20(25)29/h18-19H,3-17H2,1-2H3,(H2,25,29)(H,26,30)(H,27,31)(H,28,32)(H,33,34)/t18-,19-/m0/s1. The van der Waals surface area contributed by atoms with Gasteiger partial charge in [0, 0.05) is 12.8 Å². The molecule has 0 heterocycles. The number of primary amides is 1. The van der Waals surface area contributed by atoms with E-state index in [1.807, 2.05) is 0 Å². The van der Waals surface area contributed by atoms with Gasteiger partial charge in [-0.15, -0.1) is 0 Å². The van der Waals surface area contributed by atoms with Crippen LogP contribution >= 0.6 is 0 Å². The minimum atomic E-state index is -1.30. The molecule has 6 N–H and O–H groups in total. The fourth-order valence-corrected chi connectivity index (χ4v) is 3.42. The van der Waals surface area contributed by atoms with Gasteiger partial charge in [-0.2, -0.15) is 0 Å². The van der Waals surface area contributed by atoms with E-state index in [4.69, 9.17) is 10.8 Å². The fraction of sp³-hybridized carbons (Fsp3) is 0.792. The van der Waals surface area contributed by atoms with Crippen molar-refractivity contribution >= 4 is 29.6 Å². The van der Waals surface area contributed by atoms with Crippen LogP contribution in [0.2, 0.25) is 0 Å². The Labute approximate surface area is 203 Å². The molecule has 0 aliphatic heterocycles. The Balaban J connectivity index is 3.92. The summed E-state index contributed by atoms with van der Waals surface area (Å²) in [6, 6.07) is -2.30. The average Bonchev–Trinajstić information content (AvgIpc) is 2.78. The second kappa shape index (κ2) is 19.8. The Morgan fingerprint density at radius 1 is 0.765 bits per heavy atom. The molecular formula is C24H44N4O6. The maximum Gasteiger partial charge on any atom is 0.326 e. The molecule has 0 aromatic heterocycles. The Kier molecular flexibility index (Phi) is 18.2. The van der Waals surface area contributed by atoms with Crippen LogP contribution in [0.1, 0.15) is 104 Å². The molecule has 0 unspecified atom stereocenters. The van der Waals surface area contributed by atoms with Crippen LogP contribution in [0.25, 0.3) is 0 Å².